The van der Waals surface area contributed by atoms with Crippen molar-refractivity contribution in [3.8, 4) is 0 Å². The first kappa shape index (κ1) is 38.0. The second-order valence-corrected chi connectivity index (χ2v) is 15.0. The number of alkyl halides is 6. The maximum absolute atomic E-state index is 14.0. The molecule has 4 heterocycles. The van der Waals surface area contributed by atoms with Crippen molar-refractivity contribution in [1.29, 1.82) is 0 Å². The molecule has 2 N–H and O–H groups in total. The standard InChI is InChI=1S/C37H45F6N5O4/c1-45-13-6-26(7-14-45)27-8-15-46(16-9-27)35(12-19-49)23-31(47-17-10-28-4-2-3-5-32(28)44-33(47)50)11-18-48(35,34(51)52)24-25-20-29(36(38,39)40)22-30(21-25)37(41,42)43/h2-5,19-22,26-27,31H,6-18,23-24H2,1H3,(H-,44,50,51,52)/p+1/t31?,35?,48-/m0/s1. The van der Waals surface area contributed by atoms with Gasteiger partial charge in [0.1, 0.15) is 12.8 Å². The summed E-state index contributed by atoms with van der Waals surface area (Å²) in [5, 5.41) is 14.1. The zero-order chi connectivity index (χ0) is 37.5. The average Bonchev–Trinajstić information content (AvgIpc) is 3.26. The Morgan fingerprint density at radius 2 is 1.52 bits per heavy atom. The van der Waals surface area contributed by atoms with Gasteiger partial charge in [-0.3, -0.25) is 4.90 Å². The van der Waals surface area contributed by atoms with E-state index in [1.807, 2.05) is 17.0 Å². The first-order valence-corrected chi connectivity index (χ1v) is 18.0. The van der Waals surface area contributed by atoms with Crippen LogP contribution in [0.4, 0.5) is 41.6 Å². The van der Waals surface area contributed by atoms with Crippen LogP contribution in [-0.2, 0) is 30.1 Å². The number of quaternary nitrogens is 1. The number of nitrogens with zero attached hydrogens (tertiary/aromatic N) is 4. The average molecular weight is 739 g/mol. The van der Waals surface area contributed by atoms with Crippen molar-refractivity contribution in [1.82, 2.24) is 14.7 Å². The van der Waals surface area contributed by atoms with Crippen LogP contribution in [0.15, 0.2) is 42.5 Å². The van der Waals surface area contributed by atoms with Crippen molar-refractivity contribution in [3.63, 3.8) is 0 Å². The lowest BCUT2D eigenvalue weighted by molar-refractivity contribution is -0.942. The van der Waals surface area contributed by atoms with E-state index in [0.29, 0.717) is 74.8 Å². The van der Waals surface area contributed by atoms with E-state index in [4.69, 9.17) is 0 Å². The van der Waals surface area contributed by atoms with Crippen molar-refractivity contribution >= 4 is 24.1 Å². The van der Waals surface area contributed by atoms with Gasteiger partial charge in [-0.25, -0.2) is 9.28 Å². The number of carbonyl (C=O) groups excluding carboxylic acids is 2. The fourth-order valence-electron chi connectivity index (χ4n) is 9.43. The molecule has 6 rings (SSSR count). The molecule has 3 saturated heterocycles. The number of carboxylic acid groups (broad SMARTS) is 1. The number of likely N-dealkylation sites (tertiary alicyclic amines) is 3. The van der Waals surface area contributed by atoms with E-state index in [1.54, 1.807) is 17.0 Å². The molecule has 3 amide bonds. The van der Waals surface area contributed by atoms with Crippen molar-refractivity contribution in [3.05, 3.63) is 64.7 Å². The molecule has 2 unspecified atom stereocenters. The molecule has 2 aromatic rings. The van der Waals surface area contributed by atoms with Crippen molar-refractivity contribution in [2.75, 3.05) is 51.6 Å². The molecule has 52 heavy (non-hydrogen) atoms. The van der Waals surface area contributed by atoms with Gasteiger partial charge in [-0.1, -0.05) is 18.2 Å². The third-order valence-electron chi connectivity index (χ3n) is 12.2. The predicted octanol–water partition coefficient (Wildman–Crippen LogP) is 7.31. The first-order valence-electron chi connectivity index (χ1n) is 18.0. The largest absolute Gasteiger partial charge is 0.515 e. The predicted molar refractivity (Wildman–Crippen MR) is 180 cm³/mol. The molecule has 4 aliphatic rings. The number of halogens is 6. The molecule has 15 heteroatoms. The van der Waals surface area contributed by atoms with Gasteiger partial charge >= 0.3 is 24.5 Å². The Morgan fingerprint density at radius 1 is 0.923 bits per heavy atom. The minimum absolute atomic E-state index is 0.00815. The lowest BCUT2D eigenvalue weighted by atomic mass is 9.76. The summed E-state index contributed by atoms with van der Waals surface area (Å²) in [7, 11) is 2.08. The lowest BCUT2D eigenvalue weighted by Crippen LogP contribution is -2.78. The molecular formula is C37H46F6N5O4+. The molecule has 0 radical (unpaired) electrons. The number of hydrogen-bond acceptors (Lipinski definition) is 5. The van der Waals surface area contributed by atoms with E-state index in [-0.39, 0.29) is 37.9 Å². The van der Waals surface area contributed by atoms with Crippen LogP contribution >= 0.6 is 0 Å². The molecule has 4 aliphatic heterocycles. The van der Waals surface area contributed by atoms with Crippen LogP contribution in [0.1, 0.15) is 67.2 Å². The third kappa shape index (κ3) is 7.41. The van der Waals surface area contributed by atoms with Crippen molar-refractivity contribution in [2.24, 2.45) is 11.8 Å². The highest BCUT2D eigenvalue weighted by atomic mass is 19.4. The zero-order valence-electron chi connectivity index (χ0n) is 29.2. The van der Waals surface area contributed by atoms with Gasteiger partial charge in [-0.05, 0) is 93.9 Å². The number of urea groups is 1. The molecule has 9 nitrogen and oxygen atoms in total. The monoisotopic (exact) mass is 738 g/mol. The number of carbonyl (C=O) groups is 3. The van der Waals surface area contributed by atoms with Gasteiger partial charge in [0.15, 0.2) is 5.66 Å². The summed E-state index contributed by atoms with van der Waals surface area (Å²) in [5.74, 6) is 0.837. The summed E-state index contributed by atoms with van der Waals surface area (Å²) in [6.45, 7) is 2.11. The van der Waals surface area contributed by atoms with Gasteiger partial charge in [-0.2, -0.15) is 31.1 Å². The molecule has 0 saturated carbocycles. The number of rotatable bonds is 7. The minimum Gasteiger partial charge on any atom is -0.435 e. The van der Waals surface area contributed by atoms with E-state index >= 15 is 0 Å². The van der Waals surface area contributed by atoms with Gasteiger partial charge in [0.2, 0.25) is 0 Å². The van der Waals surface area contributed by atoms with E-state index < -0.39 is 57.9 Å². The summed E-state index contributed by atoms with van der Waals surface area (Å²) in [6, 6.07) is 7.62. The number of fused-ring (bicyclic) bond motifs is 1. The minimum atomic E-state index is -5.12. The van der Waals surface area contributed by atoms with Crippen LogP contribution in [0.25, 0.3) is 0 Å². The second-order valence-electron chi connectivity index (χ2n) is 15.0. The fourth-order valence-corrected chi connectivity index (χ4v) is 9.43. The fraction of sp³-hybridized carbons (Fsp3) is 0.595. The van der Waals surface area contributed by atoms with Crippen molar-refractivity contribution in [2.45, 2.75) is 82.0 Å². The van der Waals surface area contributed by atoms with Crippen LogP contribution in [0.5, 0.6) is 0 Å². The number of piperidine rings is 3. The number of benzene rings is 2. The molecule has 284 valence electrons. The Balaban J connectivity index is 1.40. The third-order valence-corrected chi connectivity index (χ3v) is 12.2. The highest BCUT2D eigenvalue weighted by Crippen LogP contribution is 2.48. The number of hydrogen-bond donors (Lipinski definition) is 2. The number of nitrogens with one attached hydrogen (secondary N) is 1. The van der Waals surface area contributed by atoms with E-state index in [2.05, 4.69) is 17.3 Å². The molecule has 0 bridgehead atoms. The van der Waals surface area contributed by atoms with Gasteiger partial charge in [-0.15, -0.1) is 0 Å². The summed E-state index contributed by atoms with van der Waals surface area (Å²) >= 11 is 0. The smallest absolute Gasteiger partial charge is 0.435 e. The molecule has 2 aromatic carbocycles. The van der Waals surface area contributed by atoms with Crippen molar-refractivity contribution < 1.29 is 50.3 Å². The molecule has 0 spiro atoms. The maximum atomic E-state index is 14.0. The van der Waals surface area contributed by atoms with Crippen LogP contribution in [0.3, 0.4) is 0 Å². The van der Waals surface area contributed by atoms with Gasteiger partial charge < -0.3 is 25.0 Å². The Labute approximate surface area is 299 Å². The van der Waals surface area contributed by atoms with Gasteiger partial charge in [0.25, 0.3) is 0 Å². The number of para-hydroxylation sites is 1. The normalized spacial score (nSPS) is 27.5. The Morgan fingerprint density at radius 3 is 2.10 bits per heavy atom. The number of amides is 3. The molecule has 0 aromatic heterocycles. The Bertz CT molecular complexity index is 1610. The van der Waals surface area contributed by atoms with E-state index in [1.165, 1.54) is 0 Å². The maximum Gasteiger partial charge on any atom is 0.515 e. The molecule has 0 aliphatic carbocycles. The quantitative estimate of drug-likeness (QED) is 0.176. The van der Waals surface area contributed by atoms with Gasteiger partial charge in [0, 0.05) is 49.8 Å². The van der Waals surface area contributed by atoms with Crippen LogP contribution in [-0.4, -0.2) is 101 Å². The summed E-state index contributed by atoms with van der Waals surface area (Å²) in [6.07, 6.45) is -7.34. The van der Waals surface area contributed by atoms with E-state index in [0.717, 1.165) is 31.5 Å². The lowest BCUT2D eigenvalue weighted by Gasteiger charge is -2.59. The summed E-state index contributed by atoms with van der Waals surface area (Å²) < 4.78 is 82.9. The first-order chi connectivity index (χ1) is 24.6. The SMILES string of the molecule is CN1CCC(C2CCN(C3(CC=O)CC(N4CCc5ccccc5NC4=O)CC[N@+]3(Cc3cc(C(F)(F)F)cc(C(F)(F)F)c3)C(=O)O)CC2)CC1. The summed E-state index contributed by atoms with van der Waals surface area (Å²) in [4.78, 5) is 46.1. The Hall–Kier alpha value is -3.69. The number of anilines is 1. The summed E-state index contributed by atoms with van der Waals surface area (Å²) in [5.41, 5.74) is -3.50. The highest BCUT2D eigenvalue weighted by Gasteiger charge is 2.64. The van der Waals surface area contributed by atoms with Gasteiger partial charge in [0.05, 0.1) is 24.1 Å². The topological polar surface area (TPSA) is 93.2 Å². The second kappa shape index (κ2) is 14.6. The Kier molecular flexibility index (Phi) is 10.7. The van der Waals surface area contributed by atoms with Crippen LogP contribution in [0, 0.1) is 11.8 Å². The molecular weight excluding hydrogens is 692 g/mol. The molecule has 3 atom stereocenters. The van der Waals surface area contributed by atoms with Crippen LogP contribution in [0.2, 0.25) is 0 Å². The van der Waals surface area contributed by atoms with E-state index in [9.17, 15) is 45.8 Å². The highest BCUT2D eigenvalue weighted by molar-refractivity contribution is 5.91. The van der Waals surface area contributed by atoms with Crippen LogP contribution < -0.4 is 5.32 Å². The number of aldehydes is 1. The molecule has 3 fully saturated rings. The zero-order valence-corrected chi connectivity index (χ0v) is 29.2.